The summed E-state index contributed by atoms with van der Waals surface area (Å²) in [5.74, 6) is 1.04. The van der Waals surface area contributed by atoms with E-state index in [4.69, 9.17) is 0 Å². The molecule has 2 aliphatic rings. The minimum Gasteiger partial charge on any atom is -0.367 e. The number of pyridine rings is 1. The SMILES string of the molecule is CC1(C)NNc2ccnc(NC3CCCCC3)c21. The third-order valence-corrected chi connectivity index (χ3v) is 4.03. The van der Waals surface area contributed by atoms with Crippen LogP contribution < -0.4 is 16.2 Å². The highest BCUT2D eigenvalue weighted by molar-refractivity contribution is 5.67. The van der Waals surface area contributed by atoms with Gasteiger partial charge in [0.05, 0.1) is 11.2 Å². The van der Waals surface area contributed by atoms with Gasteiger partial charge < -0.3 is 10.7 Å². The van der Waals surface area contributed by atoms with Crippen LogP contribution in [-0.4, -0.2) is 11.0 Å². The number of aromatic nitrogens is 1. The van der Waals surface area contributed by atoms with E-state index >= 15 is 0 Å². The first-order chi connectivity index (χ1) is 8.67. The van der Waals surface area contributed by atoms with Gasteiger partial charge >= 0.3 is 0 Å². The summed E-state index contributed by atoms with van der Waals surface area (Å²) in [5, 5.41) is 3.65. The summed E-state index contributed by atoms with van der Waals surface area (Å²) in [6.07, 6.45) is 8.48. The smallest absolute Gasteiger partial charge is 0.133 e. The maximum absolute atomic E-state index is 4.55. The Morgan fingerprint density at radius 3 is 2.83 bits per heavy atom. The van der Waals surface area contributed by atoms with Crippen LogP contribution in [0.4, 0.5) is 11.5 Å². The van der Waals surface area contributed by atoms with Gasteiger partial charge in [-0.2, -0.15) is 0 Å². The summed E-state index contributed by atoms with van der Waals surface area (Å²) in [7, 11) is 0. The zero-order valence-electron chi connectivity index (χ0n) is 11.2. The highest BCUT2D eigenvalue weighted by Crippen LogP contribution is 2.37. The lowest BCUT2D eigenvalue weighted by Gasteiger charge is -2.26. The molecule has 1 aromatic heterocycles. The fraction of sp³-hybridized carbons (Fsp3) is 0.643. The molecule has 0 unspecified atom stereocenters. The minimum absolute atomic E-state index is 0.0689. The van der Waals surface area contributed by atoms with Crippen molar-refractivity contribution in [1.82, 2.24) is 10.4 Å². The Bertz CT molecular complexity index is 435. The van der Waals surface area contributed by atoms with Crippen molar-refractivity contribution in [2.75, 3.05) is 10.7 Å². The second-order valence-electron chi connectivity index (χ2n) is 5.94. The van der Waals surface area contributed by atoms with Crippen molar-refractivity contribution in [3.63, 3.8) is 0 Å². The largest absolute Gasteiger partial charge is 0.367 e. The summed E-state index contributed by atoms with van der Waals surface area (Å²) in [6.45, 7) is 4.36. The molecule has 1 aliphatic carbocycles. The highest BCUT2D eigenvalue weighted by Gasteiger charge is 2.33. The monoisotopic (exact) mass is 246 g/mol. The lowest BCUT2D eigenvalue weighted by atomic mass is 9.93. The van der Waals surface area contributed by atoms with Gasteiger partial charge in [-0.15, -0.1) is 0 Å². The van der Waals surface area contributed by atoms with Crippen LogP contribution >= 0.6 is 0 Å². The van der Waals surface area contributed by atoms with Crippen LogP contribution in [0.5, 0.6) is 0 Å². The Hall–Kier alpha value is -1.29. The van der Waals surface area contributed by atoms with Crippen LogP contribution in [0.15, 0.2) is 12.3 Å². The number of hydrazine groups is 1. The molecule has 0 radical (unpaired) electrons. The predicted octanol–water partition coefficient (Wildman–Crippen LogP) is 2.99. The van der Waals surface area contributed by atoms with E-state index in [9.17, 15) is 0 Å². The molecule has 0 bridgehead atoms. The molecule has 4 nitrogen and oxygen atoms in total. The zero-order valence-corrected chi connectivity index (χ0v) is 11.2. The van der Waals surface area contributed by atoms with Gasteiger partial charge in [0.2, 0.25) is 0 Å². The van der Waals surface area contributed by atoms with Crippen molar-refractivity contribution in [2.24, 2.45) is 0 Å². The van der Waals surface area contributed by atoms with Crippen molar-refractivity contribution >= 4 is 11.5 Å². The molecular formula is C14H22N4. The van der Waals surface area contributed by atoms with Crippen molar-refractivity contribution in [1.29, 1.82) is 0 Å². The number of nitrogens with one attached hydrogen (secondary N) is 3. The summed E-state index contributed by atoms with van der Waals surface area (Å²) in [5.41, 5.74) is 8.88. The van der Waals surface area contributed by atoms with Crippen LogP contribution in [0.3, 0.4) is 0 Å². The van der Waals surface area contributed by atoms with E-state index in [0.29, 0.717) is 6.04 Å². The summed E-state index contributed by atoms with van der Waals surface area (Å²) >= 11 is 0. The van der Waals surface area contributed by atoms with E-state index in [1.807, 2.05) is 12.3 Å². The lowest BCUT2D eigenvalue weighted by Crippen LogP contribution is -2.34. The normalized spacial score (nSPS) is 22.3. The first-order valence-electron chi connectivity index (χ1n) is 6.96. The Balaban J connectivity index is 1.86. The number of nitrogens with zero attached hydrogens (tertiary/aromatic N) is 1. The molecule has 0 saturated heterocycles. The Kier molecular flexibility index (Phi) is 2.90. The lowest BCUT2D eigenvalue weighted by molar-refractivity contribution is 0.454. The molecule has 18 heavy (non-hydrogen) atoms. The fourth-order valence-corrected chi connectivity index (χ4v) is 3.03. The maximum Gasteiger partial charge on any atom is 0.133 e. The number of hydrogen-bond acceptors (Lipinski definition) is 4. The molecule has 4 heteroatoms. The van der Waals surface area contributed by atoms with Gasteiger partial charge in [-0.05, 0) is 32.8 Å². The van der Waals surface area contributed by atoms with E-state index in [1.54, 1.807) is 0 Å². The molecule has 0 spiro atoms. The van der Waals surface area contributed by atoms with Crippen molar-refractivity contribution in [3.8, 4) is 0 Å². The average molecular weight is 246 g/mol. The van der Waals surface area contributed by atoms with Gasteiger partial charge in [0.25, 0.3) is 0 Å². The summed E-state index contributed by atoms with van der Waals surface area (Å²) < 4.78 is 0. The molecule has 3 rings (SSSR count). The molecule has 3 N–H and O–H groups in total. The molecule has 1 saturated carbocycles. The molecule has 2 heterocycles. The van der Waals surface area contributed by atoms with Gasteiger partial charge in [-0.1, -0.05) is 19.3 Å². The second kappa shape index (κ2) is 4.43. The molecule has 1 aromatic rings. The van der Waals surface area contributed by atoms with Gasteiger partial charge in [-0.25, -0.2) is 10.4 Å². The van der Waals surface area contributed by atoms with E-state index < -0.39 is 0 Å². The van der Waals surface area contributed by atoms with Gasteiger partial charge in [0, 0.05) is 17.8 Å². The first kappa shape index (κ1) is 11.8. The molecule has 1 aliphatic heterocycles. The Morgan fingerprint density at radius 2 is 2.06 bits per heavy atom. The van der Waals surface area contributed by atoms with E-state index in [-0.39, 0.29) is 5.54 Å². The van der Waals surface area contributed by atoms with Crippen LogP contribution in [0.1, 0.15) is 51.5 Å². The fourth-order valence-electron chi connectivity index (χ4n) is 3.03. The summed E-state index contributed by atoms with van der Waals surface area (Å²) in [6, 6.07) is 2.62. The third-order valence-electron chi connectivity index (χ3n) is 4.03. The van der Waals surface area contributed by atoms with Crippen molar-refractivity contribution in [3.05, 3.63) is 17.8 Å². The van der Waals surface area contributed by atoms with Crippen LogP contribution in [-0.2, 0) is 5.54 Å². The van der Waals surface area contributed by atoms with Gasteiger partial charge in [0.15, 0.2) is 0 Å². The van der Waals surface area contributed by atoms with Gasteiger partial charge in [0.1, 0.15) is 5.82 Å². The average Bonchev–Trinajstić information content (AvgIpc) is 2.68. The molecule has 1 fully saturated rings. The highest BCUT2D eigenvalue weighted by atomic mass is 15.4. The van der Waals surface area contributed by atoms with Crippen LogP contribution in [0, 0.1) is 0 Å². The zero-order chi connectivity index (χ0) is 12.6. The third kappa shape index (κ3) is 2.05. The number of rotatable bonds is 2. The van der Waals surface area contributed by atoms with Crippen LogP contribution in [0.25, 0.3) is 0 Å². The predicted molar refractivity (Wildman–Crippen MR) is 74.5 cm³/mol. The minimum atomic E-state index is -0.0689. The second-order valence-corrected chi connectivity index (χ2v) is 5.94. The molecule has 0 amide bonds. The van der Waals surface area contributed by atoms with E-state index in [2.05, 4.69) is 35.0 Å². The quantitative estimate of drug-likeness (QED) is 0.751. The Morgan fingerprint density at radius 1 is 1.28 bits per heavy atom. The standard InChI is InChI=1S/C14H22N4/c1-14(2)12-11(17-18-14)8-9-15-13(12)16-10-6-4-3-5-7-10/h8-10,17-18H,3-7H2,1-2H3,(H,15,16). The maximum atomic E-state index is 4.55. The van der Waals surface area contributed by atoms with Crippen molar-refractivity contribution in [2.45, 2.75) is 57.5 Å². The van der Waals surface area contributed by atoms with E-state index in [1.165, 1.54) is 37.7 Å². The number of fused-ring (bicyclic) bond motifs is 1. The molecule has 0 atom stereocenters. The topological polar surface area (TPSA) is 49.0 Å². The Labute approximate surface area is 109 Å². The molecular weight excluding hydrogens is 224 g/mol. The molecule has 98 valence electrons. The summed E-state index contributed by atoms with van der Waals surface area (Å²) in [4.78, 5) is 4.55. The van der Waals surface area contributed by atoms with Crippen molar-refractivity contribution < 1.29 is 0 Å². The number of hydrogen-bond donors (Lipinski definition) is 3. The number of anilines is 2. The first-order valence-corrected chi connectivity index (χ1v) is 6.96. The van der Waals surface area contributed by atoms with Gasteiger partial charge in [-0.3, -0.25) is 0 Å². The van der Waals surface area contributed by atoms with E-state index in [0.717, 1.165) is 11.5 Å². The van der Waals surface area contributed by atoms with Crippen LogP contribution in [0.2, 0.25) is 0 Å². The molecule has 0 aromatic carbocycles.